The molecule has 0 radical (unpaired) electrons. The van der Waals surface area contributed by atoms with Crippen molar-refractivity contribution in [3.8, 4) is 5.75 Å². The number of nitrogens with one attached hydrogen (secondary N) is 2. The molecule has 0 unspecified atom stereocenters. The van der Waals surface area contributed by atoms with Gasteiger partial charge in [0.2, 0.25) is 0 Å². The van der Waals surface area contributed by atoms with Crippen molar-refractivity contribution >= 4 is 17.3 Å². The molecule has 1 aromatic rings. The highest BCUT2D eigenvalue weighted by atomic mass is 16.5. The molecule has 1 saturated carbocycles. The molecule has 0 aromatic heterocycles. The third-order valence-electron chi connectivity index (χ3n) is 4.32. The molecule has 2 rings (SSSR count). The van der Waals surface area contributed by atoms with Gasteiger partial charge in [0.25, 0.3) is 5.91 Å². The first kappa shape index (κ1) is 16.5. The van der Waals surface area contributed by atoms with E-state index in [1.54, 1.807) is 19.2 Å². The van der Waals surface area contributed by atoms with E-state index in [1.807, 2.05) is 6.92 Å². The van der Waals surface area contributed by atoms with Gasteiger partial charge in [-0.2, -0.15) is 0 Å². The summed E-state index contributed by atoms with van der Waals surface area (Å²) < 4.78 is 5.61. The number of hydrogen-bond donors (Lipinski definition) is 3. The number of amides is 1. The van der Waals surface area contributed by atoms with Gasteiger partial charge in [-0.05, 0) is 44.6 Å². The highest BCUT2D eigenvalue weighted by Crippen LogP contribution is 2.30. The zero-order valence-corrected chi connectivity index (χ0v) is 13.7. The maximum Gasteiger partial charge on any atom is 0.255 e. The number of rotatable bonds is 5. The molecule has 0 aliphatic heterocycles. The summed E-state index contributed by atoms with van der Waals surface area (Å²) in [4.78, 5) is 12.6. The van der Waals surface area contributed by atoms with E-state index in [-0.39, 0.29) is 11.9 Å². The van der Waals surface area contributed by atoms with E-state index >= 15 is 0 Å². The van der Waals surface area contributed by atoms with Gasteiger partial charge in [0.1, 0.15) is 5.75 Å². The first-order valence-corrected chi connectivity index (χ1v) is 8.10. The number of anilines is 2. The molecule has 0 spiro atoms. The molecular formula is C17H27N3O2. The zero-order chi connectivity index (χ0) is 16.1. The van der Waals surface area contributed by atoms with Crippen LogP contribution in [0.4, 0.5) is 11.4 Å². The van der Waals surface area contributed by atoms with Crippen LogP contribution in [-0.2, 0) is 0 Å². The second-order valence-electron chi connectivity index (χ2n) is 6.05. The largest absolute Gasteiger partial charge is 0.493 e. The molecule has 1 aliphatic carbocycles. The highest BCUT2D eigenvalue weighted by molar-refractivity contribution is 5.99. The molecule has 5 nitrogen and oxygen atoms in total. The molecule has 1 amide bonds. The fourth-order valence-electron chi connectivity index (χ4n) is 2.93. The Balaban J connectivity index is 2.15. The van der Waals surface area contributed by atoms with Crippen molar-refractivity contribution < 1.29 is 9.53 Å². The molecule has 22 heavy (non-hydrogen) atoms. The molecule has 0 heterocycles. The van der Waals surface area contributed by atoms with Gasteiger partial charge in [-0.15, -0.1) is 0 Å². The summed E-state index contributed by atoms with van der Waals surface area (Å²) in [6.45, 7) is 4.68. The number of nitrogens with two attached hydrogens (primary N) is 1. The topological polar surface area (TPSA) is 76.4 Å². The second kappa shape index (κ2) is 7.38. The summed E-state index contributed by atoms with van der Waals surface area (Å²) in [6.07, 6.45) is 4.43. The van der Waals surface area contributed by atoms with Crippen LogP contribution in [0.25, 0.3) is 0 Å². The van der Waals surface area contributed by atoms with Crippen LogP contribution in [0, 0.1) is 5.92 Å². The molecule has 5 heteroatoms. The van der Waals surface area contributed by atoms with Crippen molar-refractivity contribution in [2.75, 3.05) is 24.7 Å². The minimum Gasteiger partial charge on any atom is -0.493 e. The predicted molar refractivity (Wildman–Crippen MR) is 90.5 cm³/mol. The van der Waals surface area contributed by atoms with Gasteiger partial charge in [-0.3, -0.25) is 4.79 Å². The van der Waals surface area contributed by atoms with Crippen molar-refractivity contribution in [2.45, 2.75) is 45.6 Å². The van der Waals surface area contributed by atoms with Gasteiger partial charge in [0, 0.05) is 19.2 Å². The summed E-state index contributed by atoms with van der Waals surface area (Å²) in [5.41, 5.74) is 7.82. The molecule has 1 aromatic carbocycles. The molecule has 122 valence electrons. The number of nitrogen functional groups attached to an aromatic ring is 1. The lowest BCUT2D eigenvalue weighted by molar-refractivity contribution is 0.0919. The van der Waals surface area contributed by atoms with Crippen LogP contribution in [0.3, 0.4) is 0 Å². The first-order chi connectivity index (χ1) is 10.5. The van der Waals surface area contributed by atoms with E-state index in [9.17, 15) is 4.79 Å². The Morgan fingerprint density at radius 2 is 2.00 bits per heavy atom. The Bertz CT molecular complexity index is 523. The van der Waals surface area contributed by atoms with Crippen LogP contribution < -0.4 is 21.1 Å². The van der Waals surface area contributed by atoms with Gasteiger partial charge in [0.15, 0.2) is 0 Å². The second-order valence-corrected chi connectivity index (χ2v) is 6.05. The monoisotopic (exact) mass is 305 g/mol. The summed E-state index contributed by atoms with van der Waals surface area (Å²) in [5, 5.41) is 6.13. The summed E-state index contributed by atoms with van der Waals surface area (Å²) >= 11 is 0. The van der Waals surface area contributed by atoms with Crippen LogP contribution >= 0.6 is 0 Å². The van der Waals surface area contributed by atoms with Crippen LogP contribution in [0.1, 0.15) is 49.9 Å². The van der Waals surface area contributed by atoms with Gasteiger partial charge >= 0.3 is 0 Å². The Morgan fingerprint density at radius 1 is 1.32 bits per heavy atom. The molecule has 0 bridgehead atoms. The van der Waals surface area contributed by atoms with E-state index in [0.717, 1.165) is 24.4 Å². The van der Waals surface area contributed by atoms with Gasteiger partial charge in [-0.1, -0.05) is 6.92 Å². The van der Waals surface area contributed by atoms with E-state index in [2.05, 4.69) is 17.6 Å². The summed E-state index contributed by atoms with van der Waals surface area (Å²) in [6, 6.07) is 3.73. The lowest BCUT2D eigenvalue weighted by Crippen LogP contribution is -2.37. The molecule has 0 atom stereocenters. The minimum absolute atomic E-state index is 0.0997. The quantitative estimate of drug-likeness (QED) is 0.731. The third-order valence-corrected chi connectivity index (χ3v) is 4.32. The first-order valence-electron chi connectivity index (χ1n) is 8.10. The van der Waals surface area contributed by atoms with E-state index in [4.69, 9.17) is 10.5 Å². The minimum atomic E-state index is -0.0997. The zero-order valence-electron chi connectivity index (χ0n) is 13.7. The molecule has 0 saturated heterocycles. The fourth-order valence-corrected chi connectivity index (χ4v) is 2.93. The third kappa shape index (κ3) is 3.84. The van der Waals surface area contributed by atoms with Gasteiger partial charge in [0.05, 0.1) is 23.5 Å². The normalized spacial score (nSPS) is 21.2. The maximum atomic E-state index is 12.6. The smallest absolute Gasteiger partial charge is 0.255 e. The standard InChI is InChI=1S/C17H27N3O2/c1-4-22-16-10-15(19-3)14(18)9-13(16)17(21)20-12-7-5-11(2)6-8-12/h9-12,19H,4-8,18H2,1-3H3,(H,20,21)/t11-,12-. The number of carbonyl (C=O) groups is 1. The van der Waals surface area contributed by atoms with Crippen LogP contribution in [0.5, 0.6) is 5.75 Å². The molecule has 4 N–H and O–H groups in total. The van der Waals surface area contributed by atoms with Crippen molar-refractivity contribution in [3.63, 3.8) is 0 Å². The van der Waals surface area contributed by atoms with Crippen LogP contribution in [-0.4, -0.2) is 25.6 Å². The number of carbonyl (C=O) groups excluding carboxylic acids is 1. The summed E-state index contributed by atoms with van der Waals surface area (Å²) in [5.74, 6) is 1.23. The SMILES string of the molecule is CCOc1cc(NC)c(N)cc1C(=O)N[C@H]1CC[C@H](C)CC1. The van der Waals surface area contributed by atoms with Crippen molar-refractivity contribution in [1.29, 1.82) is 0 Å². The Kier molecular flexibility index (Phi) is 5.52. The molecule has 1 aliphatic rings. The Labute approximate surface area is 132 Å². The average Bonchev–Trinajstić information content (AvgIpc) is 2.51. The Morgan fingerprint density at radius 3 is 2.59 bits per heavy atom. The van der Waals surface area contributed by atoms with Gasteiger partial charge in [-0.25, -0.2) is 0 Å². The van der Waals surface area contributed by atoms with E-state index in [1.165, 1.54) is 12.8 Å². The van der Waals surface area contributed by atoms with Crippen molar-refractivity contribution in [3.05, 3.63) is 17.7 Å². The number of hydrogen-bond acceptors (Lipinski definition) is 4. The maximum absolute atomic E-state index is 12.6. The molecule has 1 fully saturated rings. The Hall–Kier alpha value is -1.91. The van der Waals surface area contributed by atoms with Gasteiger partial charge < -0.3 is 21.1 Å². The van der Waals surface area contributed by atoms with Crippen LogP contribution in [0.15, 0.2) is 12.1 Å². The van der Waals surface area contributed by atoms with E-state index < -0.39 is 0 Å². The van der Waals surface area contributed by atoms with E-state index in [0.29, 0.717) is 23.6 Å². The fraction of sp³-hybridized carbons (Fsp3) is 0.588. The number of benzene rings is 1. The van der Waals surface area contributed by atoms with Crippen molar-refractivity contribution in [2.24, 2.45) is 5.92 Å². The summed E-state index contributed by atoms with van der Waals surface area (Å²) in [7, 11) is 1.80. The highest BCUT2D eigenvalue weighted by Gasteiger charge is 2.22. The predicted octanol–water partition coefficient (Wildman–Crippen LogP) is 3.02. The lowest BCUT2D eigenvalue weighted by Gasteiger charge is -2.27. The molecular weight excluding hydrogens is 278 g/mol. The average molecular weight is 305 g/mol. The lowest BCUT2D eigenvalue weighted by atomic mass is 9.87. The van der Waals surface area contributed by atoms with Crippen molar-refractivity contribution in [1.82, 2.24) is 5.32 Å². The van der Waals surface area contributed by atoms with Crippen LogP contribution in [0.2, 0.25) is 0 Å². The number of ether oxygens (including phenoxy) is 1.